The summed E-state index contributed by atoms with van der Waals surface area (Å²) in [5.74, 6) is 0.247. The van der Waals surface area contributed by atoms with Gasteiger partial charge in [0.1, 0.15) is 11.4 Å². The lowest BCUT2D eigenvalue weighted by Crippen LogP contribution is -2.50. The minimum atomic E-state index is -0.612. The number of benzene rings is 1. The van der Waals surface area contributed by atoms with Gasteiger partial charge in [0.2, 0.25) is 5.95 Å². The van der Waals surface area contributed by atoms with Crippen LogP contribution >= 0.6 is 15.9 Å². The number of hydrazone groups is 1. The quantitative estimate of drug-likeness (QED) is 0.262. The van der Waals surface area contributed by atoms with Gasteiger partial charge in [-0.25, -0.2) is 4.98 Å². The third-order valence-corrected chi connectivity index (χ3v) is 6.21. The van der Waals surface area contributed by atoms with E-state index in [1.54, 1.807) is 6.07 Å². The van der Waals surface area contributed by atoms with Crippen LogP contribution in [0.1, 0.15) is 36.0 Å². The van der Waals surface area contributed by atoms with E-state index in [-0.39, 0.29) is 11.6 Å². The summed E-state index contributed by atoms with van der Waals surface area (Å²) in [7, 11) is 3.96. The molecule has 32 heavy (non-hydrogen) atoms. The Morgan fingerprint density at radius 2 is 2.16 bits per heavy atom. The van der Waals surface area contributed by atoms with E-state index in [1.165, 1.54) is 18.8 Å². The van der Waals surface area contributed by atoms with Crippen molar-refractivity contribution in [1.29, 1.82) is 5.41 Å². The fourth-order valence-corrected chi connectivity index (χ4v) is 4.18. The minimum absolute atomic E-state index is 0.204. The van der Waals surface area contributed by atoms with Crippen LogP contribution in [-0.2, 0) is 0 Å². The molecule has 0 radical (unpaired) electrons. The van der Waals surface area contributed by atoms with Crippen LogP contribution in [0.4, 0.5) is 23.1 Å². The number of likely N-dealkylation sites (N-methyl/N-ethyl adjacent to an activating group) is 2. The molecule has 1 amide bonds. The number of halogens is 1. The number of amides is 1. The van der Waals surface area contributed by atoms with Gasteiger partial charge in [-0.05, 0) is 54.0 Å². The van der Waals surface area contributed by atoms with Crippen LogP contribution in [0.2, 0.25) is 0 Å². The molecule has 0 unspecified atom stereocenters. The van der Waals surface area contributed by atoms with Crippen LogP contribution in [-0.4, -0.2) is 54.5 Å². The van der Waals surface area contributed by atoms with Crippen molar-refractivity contribution >= 4 is 57.4 Å². The maximum absolute atomic E-state index is 12.0. The fourth-order valence-electron chi connectivity index (χ4n) is 3.85. The van der Waals surface area contributed by atoms with Gasteiger partial charge in [0, 0.05) is 41.7 Å². The van der Waals surface area contributed by atoms with Gasteiger partial charge < -0.3 is 26.7 Å². The van der Waals surface area contributed by atoms with Gasteiger partial charge in [-0.1, -0.05) is 12.8 Å². The maximum atomic E-state index is 12.0. The number of nitrogens with two attached hydrogens (primary N) is 1. The average molecular weight is 502 g/mol. The minimum Gasteiger partial charge on any atom is -0.365 e. The molecule has 0 saturated heterocycles. The molecule has 1 aliphatic rings. The first-order chi connectivity index (χ1) is 15.4. The van der Waals surface area contributed by atoms with Gasteiger partial charge in [-0.2, -0.15) is 10.1 Å². The molecule has 1 aromatic carbocycles. The molecule has 2 aromatic rings. The zero-order chi connectivity index (χ0) is 23.1. The van der Waals surface area contributed by atoms with E-state index in [4.69, 9.17) is 11.1 Å². The van der Waals surface area contributed by atoms with Crippen molar-refractivity contribution in [3.63, 3.8) is 0 Å². The predicted molar refractivity (Wildman–Crippen MR) is 132 cm³/mol. The van der Waals surface area contributed by atoms with Crippen molar-refractivity contribution in [2.45, 2.75) is 37.8 Å². The van der Waals surface area contributed by atoms with E-state index < -0.39 is 5.91 Å². The largest absolute Gasteiger partial charge is 0.365 e. The number of hydrogen-bond acceptors (Lipinski definition) is 9. The van der Waals surface area contributed by atoms with Crippen molar-refractivity contribution in [2.24, 2.45) is 10.8 Å². The lowest BCUT2D eigenvalue weighted by atomic mass is 9.89. The third-order valence-electron chi connectivity index (χ3n) is 5.52. The molecule has 6 N–H and O–H groups in total. The second-order valence-electron chi connectivity index (χ2n) is 7.53. The van der Waals surface area contributed by atoms with E-state index in [2.05, 4.69) is 52.0 Å². The Balaban J connectivity index is 1.90. The number of carbonyl (C=O) groups is 1. The number of nitrogens with one attached hydrogen (secondary N) is 4. The summed E-state index contributed by atoms with van der Waals surface area (Å²) in [4.78, 5) is 23.1. The standard InChI is InChI=1S/C21H28BrN9O/c1-25-16-5-3-4-6-18(16)31(2)21-26-12-14(19(24)32)20(29-21)28-13-7-8-15(22)17(11-13)30-27-10-9-23/h7-12,16,18,23,25,30H,3-6H2,1-2H3,(H2,24,32)(H,26,28,29)/b23-9?,27-10-/t16-,18+/m0/s1. The van der Waals surface area contributed by atoms with Crippen molar-refractivity contribution in [1.82, 2.24) is 15.3 Å². The van der Waals surface area contributed by atoms with E-state index in [0.29, 0.717) is 29.2 Å². The second kappa shape index (κ2) is 11.0. The van der Waals surface area contributed by atoms with Gasteiger partial charge >= 0.3 is 0 Å². The van der Waals surface area contributed by atoms with Crippen molar-refractivity contribution < 1.29 is 4.79 Å². The molecule has 2 atom stereocenters. The highest BCUT2D eigenvalue weighted by Gasteiger charge is 2.29. The van der Waals surface area contributed by atoms with Crippen molar-refractivity contribution in [2.75, 3.05) is 29.7 Å². The molecule has 0 aliphatic heterocycles. The smallest absolute Gasteiger partial charge is 0.254 e. The van der Waals surface area contributed by atoms with Crippen molar-refractivity contribution in [3.8, 4) is 0 Å². The molecule has 3 rings (SSSR count). The molecule has 170 valence electrons. The Morgan fingerprint density at radius 1 is 1.38 bits per heavy atom. The normalized spacial score (nSPS) is 18.3. The van der Waals surface area contributed by atoms with Crippen LogP contribution < -0.4 is 26.7 Å². The first-order valence-corrected chi connectivity index (χ1v) is 11.2. The molecule has 0 bridgehead atoms. The Bertz CT molecular complexity index is 997. The molecule has 1 saturated carbocycles. The van der Waals surface area contributed by atoms with Crippen LogP contribution in [0.3, 0.4) is 0 Å². The Kier molecular flexibility index (Phi) is 8.12. The molecular weight excluding hydrogens is 474 g/mol. The highest BCUT2D eigenvalue weighted by molar-refractivity contribution is 9.10. The summed E-state index contributed by atoms with van der Waals surface area (Å²) in [5, 5.41) is 17.5. The topological polar surface area (TPSA) is 144 Å². The second-order valence-corrected chi connectivity index (χ2v) is 8.39. The van der Waals surface area contributed by atoms with Crippen LogP contribution in [0.5, 0.6) is 0 Å². The summed E-state index contributed by atoms with van der Waals surface area (Å²) in [6.07, 6.45) is 8.38. The molecule has 1 fully saturated rings. The van der Waals surface area contributed by atoms with Gasteiger partial charge in [0.25, 0.3) is 5.91 Å². The highest BCUT2D eigenvalue weighted by Crippen LogP contribution is 2.30. The Morgan fingerprint density at radius 3 is 2.88 bits per heavy atom. The lowest BCUT2D eigenvalue weighted by Gasteiger charge is -2.38. The molecule has 0 spiro atoms. The summed E-state index contributed by atoms with van der Waals surface area (Å²) >= 11 is 3.46. The summed E-state index contributed by atoms with van der Waals surface area (Å²) < 4.78 is 0.791. The Labute approximate surface area is 195 Å². The Hall–Kier alpha value is -3.05. The first kappa shape index (κ1) is 23.6. The number of anilines is 4. The molecular formula is C21H28BrN9O. The van der Waals surface area contributed by atoms with Crippen LogP contribution in [0, 0.1) is 5.41 Å². The van der Waals surface area contributed by atoms with Crippen molar-refractivity contribution in [3.05, 3.63) is 34.4 Å². The highest BCUT2D eigenvalue weighted by atomic mass is 79.9. The molecule has 10 nitrogen and oxygen atoms in total. The lowest BCUT2D eigenvalue weighted by molar-refractivity contribution is 0.100. The van der Waals surface area contributed by atoms with Gasteiger partial charge in [0.15, 0.2) is 0 Å². The van der Waals surface area contributed by atoms with Gasteiger partial charge in [0.05, 0.1) is 11.9 Å². The predicted octanol–water partition coefficient (Wildman–Crippen LogP) is 3.10. The number of primary amides is 1. The van der Waals surface area contributed by atoms with E-state index in [9.17, 15) is 4.79 Å². The number of nitrogens with zero attached hydrogens (tertiary/aromatic N) is 4. The number of aromatic nitrogens is 2. The van der Waals surface area contributed by atoms with E-state index >= 15 is 0 Å². The molecule has 1 aliphatic carbocycles. The first-order valence-electron chi connectivity index (χ1n) is 10.4. The fraction of sp³-hybridized carbons (Fsp3) is 0.381. The molecule has 1 aromatic heterocycles. The summed E-state index contributed by atoms with van der Waals surface area (Å²) in [5.41, 5.74) is 9.99. The zero-order valence-corrected chi connectivity index (χ0v) is 19.7. The molecule has 1 heterocycles. The summed E-state index contributed by atoms with van der Waals surface area (Å²) in [6, 6.07) is 6.09. The third kappa shape index (κ3) is 5.60. The van der Waals surface area contributed by atoms with E-state index in [0.717, 1.165) is 29.9 Å². The summed E-state index contributed by atoms with van der Waals surface area (Å²) in [6.45, 7) is 0. The van der Waals surface area contributed by atoms with Gasteiger partial charge in [-0.3, -0.25) is 10.2 Å². The number of rotatable bonds is 9. The average Bonchev–Trinajstić information content (AvgIpc) is 2.80. The van der Waals surface area contributed by atoms with Crippen LogP contribution in [0.15, 0.2) is 34.0 Å². The maximum Gasteiger partial charge on any atom is 0.254 e. The van der Waals surface area contributed by atoms with Gasteiger partial charge in [-0.15, -0.1) is 0 Å². The zero-order valence-electron chi connectivity index (χ0n) is 18.1. The number of carbonyl (C=O) groups excluding carboxylic acids is 1. The number of hydrogen-bond donors (Lipinski definition) is 5. The SMILES string of the molecule is CN[C@H]1CCCC[C@H]1N(C)c1ncc(C(N)=O)c(Nc2ccc(Br)c(N/N=C\C=N)c2)n1. The van der Waals surface area contributed by atoms with E-state index in [1.807, 2.05) is 26.2 Å². The van der Waals surface area contributed by atoms with Crippen LogP contribution in [0.25, 0.3) is 0 Å². The monoisotopic (exact) mass is 501 g/mol. The molecule has 11 heteroatoms.